The second-order valence-corrected chi connectivity index (χ2v) is 5.09. The molecule has 2 heterocycles. The first-order valence-electron chi connectivity index (χ1n) is 6.79. The van der Waals surface area contributed by atoms with Gasteiger partial charge in [0, 0.05) is 11.6 Å². The van der Waals surface area contributed by atoms with Crippen molar-refractivity contribution in [3.05, 3.63) is 60.9 Å². The zero-order chi connectivity index (χ0) is 13.4. The van der Waals surface area contributed by atoms with E-state index >= 15 is 0 Å². The molecular weight excluding hydrogens is 248 g/mol. The van der Waals surface area contributed by atoms with Gasteiger partial charge in [-0.05, 0) is 30.0 Å². The van der Waals surface area contributed by atoms with Gasteiger partial charge in [-0.3, -0.25) is 4.98 Å². The second kappa shape index (κ2) is 4.60. The molecule has 0 bridgehead atoms. The highest BCUT2D eigenvalue weighted by molar-refractivity contribution is 5.80. The summed E-state index contributed by atoms with van der Waals surface area (Å²) in [7, 11) is 0. The lowest BCUT2D eigenvalue weighted by Crippen LogP contribution is -1.92. The number of rotatable bonds is 3. The Labute approximate surface area is 117 Å². The van der Waals surface area contributed by atoms with Crippen molar-refractivity contribution in [3.8, 4) is 22.5 Å². The Hall–Kier alpha value is -2.42. The molecule has 1 radical (unpaired) electrons. The van der Waals surface area contributed by atoms with E-state index in [0.717, 1.165) is 22.4 Å². The van der Waals surface area contributed by atoms with Crippen molar-refractivity contribution in [2.24, 2.45) is 0 Å². The Morgan fingerprint density at radius 3 is 2.70 bits per heavy atom. The van der Waals surface area contributed by atoms with Crippen LogP contribution in [0, 0.1) is 6.20 Å². The largest absolute Gasteiger partial charge is 0.443 e. The van der Waals surface area contributed by atoms with Gasteiger partial charge >= 0.3 is 0 Å². The van der Waals surface area contributed by atoms with Gasteiger partial charge in [0.2, 0.25) is 0 Å². The van der Waals surface area contributed by atoms with Crippen LogP contribution < -0.4 is 0 Å². The molecule has 1 aromatic carbocycles. The topological polar surface area (TPSA) is 38.9 Å². The minimum Gasteiger partial charge on any atom is -0.443 e. The summed E-state index contributed by atoms with van der Waals surface area (Å²) >= 11 is 0. The number of hydrogen-bond acceptors (Lipinski definition) is 3. The van der Waals surface area contributed by atoms with E-state index in [-0.39, 0.29) is 0 Å². The van der Waals surface area contributed by atoms with Gasteiger partial charge in [-0.1, -0.05) is 30.3 Å². The maximum Gasteiger partial charge on any atom is 0.181 e. The number of nitrogens with zero attached hydrogens (tertiary/aromatic N) is 2. The first kappa shape index (κ1) is 11.4. The Kier molecular flexibility index (Phi) is 2.62. The van der Waals surface area contributed by atoms with E-state index in [0.29, 0.717) is 11.7 Å². The maximum atomic E-state index is 5.42. The predicted molar refractivity (Wildman–Crippen MR) is 76.0 cm³/mol. The minimum absolute atomic E-state index is 0.609. The molecule has 3 aromatic rings. The Morgan fingerprint density at radius 2 is 2.00 bits per heavy atom. The summed E-state index contributed by atoms with van der Waals surface area (Å²) in [6.07, 6.45) is 8.75. The number of benzene rings is 1. The van der Waals surface area contributed by atoms with E-state index < -0.39 is 0 Å². The van der Waals surface area contributed by atoms with Gasteiger partial charge in [0.25, 0.3) is 0 Å². The van der Waals surface area contributed by atoms with Crippen LogP contribution in [-0.4, -0.2) is 9.97 Å². The summed E-state index contributed by atoms with van der Waals surface area (Å²) < 4.78 is 5.42. The van der Waals surface area contributed by atoms with Crippen molar-refractivity contribution in [2.45, 2.75) is 18.8 Å². The molecule has 0 saturated heterocycles. The van der Waals surface area contributed by atoms with E-state index in [9.17, 15) is 0 Å². The standard InChI is InChI=1S/C17H13N2O/c1-2-4-12(5-3-1)14-8-16(13-6-7-13)19-9-15(14)17-10-18-11-20-17/h1-5,8,10-11,13H,6-7H2. The molecule has 0 unspecified atom stereocenters. The highest BCUT2D eigenvalue weighted by atomic mass is 16.3. The molecule has 0 amide bonds. The molecule has 0 N–H and O–H groups in total. The molecule has 3 heteroatoms. The van der Waals surface area contributed by atoms with Crippen molar-refractivity contribution in [1.82, 2.24) is 9.97 Å². The van der Waals surface area contributed by atoms with Crippen LogP contribution in [0.5, 0.6) is 0 Å². The Morgan fingerprint density at radius 1 is 1.15 bits per heavy atom. The molecular formula is C17H13N2O. The normalized spacial score (nSPS) is 14.4. The van der Waals surface area contributed by atoms with Crippen LogP contribution >= 0.6 is 0 Å². The molecule has 1 aliphatic carbocycles. The van der Waals surface area contributed by atoms with Crippen molar-refractivity contribution in [3.63, 3.8) is 0 Å². The fraction of sp³-hybridized carbons (Fsp3) is 0.176. The summed E-state index contributed by atoms with van der Waals surface area (Å²) in [6, 6.07) is 12.5. The molecule has 1 saturated carbocycles. The van der Waals surface area contributed by atoms with Crippen LogP contribution in [0.25, 0.3) is 22.5 Å². The van der Waals surface area contributed by atoms with Crippen molar-refractivity contribution >= 4 is 0 Å². The van der Waals surface area contributed by atoms with E-state index in [2.05, 4.69) is 34.4 Å². The van der Waals surface area contributed by atoms with Crippen LogP contribution in [0.15, 0.2) is 53.4 Å². The van der Waals surface area contributed by atoms with Crippen LogP contribution in [-0.2, 0) is 0 Å². The highest BCUT2D eigenvalue weighted by Gasteiger charge is 2.26. The van der Waals surface area contributed by atoms with Gasteiger partial charge in [-0.15, -0.1) is 0 Å². The number of hydrogen-bond donors (Lipinski definition) is 0. The summed E-state index contributed by atoms with van der Waals surface area (Å²) in [4.78, 5) is 8.46. The van der Waals surface area contributed by atoms with Crippen LogP contribution in [0.4, 0.5) is 0 Å². The predicted octanol–water partition coefficient (Wildman–Crippen LogP) is 4.08. The summed E-state index contributed by atoms with van der Waals surface area (Å²) in [5.74, 6) is 1.32. The SMILES string of the molecule is [c]1nc(C2CC2)cc(-c2ccccc2)c1-c1cnco1. The molecule has 1 aliphatic rings. The highest BCUT2D eigenvalue weighted by Crippen LogP contribution is 2.41. The molecule has 4 rings (SSSR count). The third-order valence-corrected chi connectivity index (χ3v) is 3.62. The van der Waals surface area contributed by atoms with Crippen LogP contribution in [0.1, 0.15) is 24.5 Å². The minimum atomic E-state index is 0.609. The number of oxazole rings is 1. The zero-order valence-electron chi connectivity index (χ0n) is 10.9. The fourth-order valence-electron chi connectivity index (χ4n) is 2.39. The van der Waals surface area contributed by atoms with Gasteiger partial charge in [0.15, 0.2) is 12.2 Å². The molecule has 97 valence electrons. The number of pyridine rings is 1. The lowest BCUT2D eigenvalue weighted by Gasteiger charge is -2.09. The second-order valence-electron chi connectivity index (χ2n) is 5.09. The summed E-state index contributed by atoms with van der Waals surface area (Å²) in [5.41, 5.74) is 4.27. The summed E-state index contributed by atoms with van der Waals surface area (Å²) in [5, 5.41) is 0. The average molecular weight is 261 g/mol. The number of aromatic nitrogens is 2. The molecule has 0 atom stereocenters. The Balaban J connectivity index is 1.90. The molecule has 0 aliphatic heterocycles. The smallest absolute Gasteiger partial charge is 0.181 e. The average Bonchev–Trinajstić information content (AvgIpc) is 3.23. The maximum absolute atomic E-state index is 5.42. The van der Waals surface area contributed by atoms with E-state index in [1.165, 1.54) is 19.2 Å². The van der Waals surface area contributed by atoms with Crippen molar-refractivity contribution in [1.29, 1.82) is 0 Å². The van der Waals surface area contributed by atoms with Gasteiger partial charge in [0.05, 0.1) is 11.8 Å². The van der Waals surface area contributed by atoms with Crippen molar-refractivity contribution in [2.75, 3.05) is 0 Å². The van der Waals surface area contributed by atoms with Gasteiger partial charge < -0.3 is 4.42 Å². The molecule has 3 nitrogen and oxygen atoms in total. The van der Waals surface area contributed by atoms with E-state index in [4.69, 9.17) is 4.42 Å². The molecule has 2 aromatic heterocycles. The van der Waals surface area contributed by atoms with Gasteiger partial charge in [-0.25, -0.2) is 4.98 Å². The summed E-state index contributed by atoms with van der Waals surface area (Å²) in [6.45, 7) is 0. The van der Waals surface area contributed by atoms with Gasteiger partial charge in [0.1, 0.15) is 6.20 Å². The first-order valence-corrected chi connectivity index (χ1v) is 6.79. The first-order chi connectivity index (χ1) is 9.92. The third kappa shape index (κ3) is 2.01. The van der Waals surface area contributed by atoms with E-state index in [1.54, 1.807) is 6.20 Å². The fourth-order valence-corrected chi connectivity index (χ4v) is 2.39. The molecule has 1 fully saturated rings. The molecule has 20 heavy (non-hydrogen) atoms. The van der Waals surface area contributed by atoms with Crippen LogP contribution in [0.2, 0.25) is 0 Å². The monoisotopic (exact) mass is 261 g/mol. The van der Waals surface area contributed by atoms with Gasteiger partial charge in [-0.2, -0.15) is 0 Å². The van der Waals surface area contributed by atoms with E-state index in [1.807, 2.05) is 18.2 Å². The molecule has 0 spiro atoms. The van der Waals surface area contributed by atoms with Crippen LogP contribution in [0.3, 0.4) is 0 Å². The Bertz CT molecular complexity index is 716. The lowest BCUT2D eigenvalue weighted by molar-refractivity contribution is 0.571. The zero-order valence-corrected chi connectivity index (χ0v) is 10.9. The van der Waals surface area contributed by atoms with Crippen molar-refractivity contribution < 1.29 is 4.42 Å². The lowest BCUT2D eigenvalue weighted by atomic mass is 9.98. The third-order valence-electron chi connectivity index (χ3n) is 3.62. The quantitative estimate of drug-likeness (QED) is 0.713.